The molecule has 1 aliphatic heterocycles. The van der Waals surface area contributed by atoms with Crippen LogP contribution in [0, 0.1) is 19.3 Å². The number of aromatic nitrogens is 2. The van der Waals surface area contributed by atoms with Crippen LogP contribution in [0.15, 0.2) is 10.9 Å². The topological polar surface area (TPSA) is 71.2 Å². The lowest BCUT2D eigenvalue weighted by atomic mass is 9.96. The summed E-state index contributed by atoms with van der Waals surface area (Å²) in [6, 6.07) is 1.88. The van der Waals surface area contributed by atoms with Gasteiger partial charge in [0.05, 0.1) is 24.1 Å². The van der Waals surface area contributed by atoms with Crippen LogP contribution in [0.5, 0.6) is 0 Å². The van der Waals surface area contributed by atoms with Crippen molar-refractivity contribution in [2.45, 2.75) is 20.8 Å². The van der Waals surface area contributed by atoms with Crippen molar-refractivity contribution in [1.29, 1.82) is 5.41 Å². The molecule has 1 aromatic carbocycles. The van der Waals surface area contributed by atoms with Gasteiger partial charge in [-0.3, -0.25) is 9.36 Å². The van der Waals surface area contributed by atoms with Crippen LogP contribution < -0.4 is 10.5 Å². The van der Waals surface area contributed by atoms with Crippen molar-refractivity contribution >= 4 is 22.6 Å². The average Bonchev–Trinajstić information content (AvgIpc) is 2.53. The number of fused-ring (bicyclic) bond motifs is 1. The van der Waals surface area contributed by atoms with Crippen LogP contribution >= 0.6 is 0 Å². The highest BCUT2D eigenvalue weighted by molar-refractivity contribution is 6.08. The lowest BCUT2D eigenvalue weighted by Crippen LogP contribution is -2.40. The van der Waals surface area contributed by atoms with Gasteiger partial charge >= 0.3 is 0 Å². The van der Waals surface area contributed by atoms with E-state index in [0.717, 1.165) is 29.8 Å². The number of hydrogen-bond acceptors (Lipinski definition) is 5. The van der Waals surface area contributed by atoms with Crippen LogP contribution in [-0.4, -0.2) is 41.6 Å². The van der Waals surface area contributed by atoms with E-state index in [4.69, 9.17) is 15.1 Å². The highest BCUT2D eigenvalue weighted by Crippen LogP contribution is 2.24. The van der Waals surface area contributed by atoms with Gasteiger partial charge in [0.1, 0.15) is 0 Å². The molecule has 0 saturated carbocycles. The number of anilines is 1. The molecule has 2 aromatic rings. The van der Waals surface area contributed by atoms with Gasteiger partial charge < -0.3 is 15.0 Å². The first kappa shape index (κ1) is 15.7. The number of nitrogens with zero attached hydrogens (tertiary/aromatic N) is 3. The monoisotopic (exact) mass is 314 g/mol. The minimum Gasteiger partial charge on any atom is -0.378 e. The molecule has 1 saturated heterocycles. The lowest BCUT2D eigenvalue weighted by molar-refractivity contribution is 0.121. The van der Waals surface area contributed by atoms with E-state index in [2.05, 4.69) is 4.90 Å². The standard InChI is InChI=1S/C17H22N4O2/c1-10-9-13-15(14(11(10)2)12(3)18)19-17(20(4)16(13)22)21-5-7-23-8-6-21/h9,18H,5-8H2,1-4H3. The third kappa shape index (κ3) is 2.53. The number of rotatable bonds is 2. The Kier molecular flexibility index (Phi) is 3.93. The van der Waals surface area contributed by atoms with Crippen molar-refractivity contribution in [3.05, 3.63) is 33.1 Å². The summed E-state index contributed by atoms with van der Waals surface area (Å²) in [5, 5.41) is 8.69. The Bertz CT molecular complexity index is 848. The number of morpholine rings is 1. The Morgan fingerprint density at radius 3 is 2.57 bits per heavy atom. The van der Waals surface area contributed by atoms with Crippen molar-refractivity contribution in [3.8, 4) is 0 Å². The van der Waals surface area contributed by atoms with Crippen molar-refractivity contribution < 1.29 is 4.74 Å². The highest BCUT2D eigenvalue weighted by atomic mass is 16.5. The molecular formula is C17H22N4O2. The average molecular weight is 314 g/mol. The summed E-state index contributed by atoms with van der Waals surface area (Å²) in [7, 11) is 1.76. The van der Waals surface area contributed by atoms with Gasteiger partial charge in [-0.2, -0.15) is 0 Å². The Morgan fingerprint density at radius 1 is 1.30 bits per heavy atom. The second kappa shape index (κ2) is 5.77. The molecule has 2 heterocycles. The molecule has 0 atom stereocenters. The van der Waals surface area contributed by atoms with Gasteiger partial charge in [0.25, 0.3) is 5.56 Å². The number of hydrogen-bond donors (Lipinski definition) is 1. The van der Waals surface area contributed by atoms with E-state index in [1.807, 2.05) is 19.9 Å². The fraction of sp³-hybridized carbons (Fsp3) is 0.471. The Balaban J connectivity index is 2.35. The lowest BCUT2D eigenvalue weighted by Gasteiger charge is -2.29. The maximum Gasteiger partial charge on any atom is 0.262 e. The molecule has 3 rings (SSSR count). The Labute approximate surface area is 135 Å². The third-order valence-corrected chi connectivity index (χ3v) is 4.54. The predicted molar refractivity (Wildman–Crippen MR) is 92.0 cm³/mol. The molecule has 1 N–H and O–H groups in total. The van der Waals surface area contributed by atoms with Gasteiger partial charge in [-0.25, -0.2) is 4.98 Å². The van der Waals surface area contributed by atoms with Crippen LogP contribution in [0.4, 0.5) is 5.95 Å². The first-order valence-electron chi connectivity index (χ1n) is 7.81. The predicted octanol–water partition coefficient (Wildman–Crippen LogP) is 1.77. The normalized spacial score (nSPS) is 15.2. The number of ether oxygens (including phenoxy) is 1. The van der Waals surface area contributed by atoms with Gasteiger partial charge in [0.15, 0.2) is 0 Å². The van der Waals surface area contributed by atoms with Gasteiger partial charge in [0.2, 0.25) is 5.95 Å². The van der Waals surface area contributed by atoms with Crippen molar-refractivity contribution in [2.75, 3.05) is 31.2 Å². The molecule has 1 aromatic heterocycles. The quantitative estimate of drug-likeness (QED) is 0.858. The maximum absolute atomic E-state index is 12.8. The maximum atomic E-state index is 12.8. The van der Waals surface area contributed by atoms with E-state index in [-0.39, 0.29) is 5.56 Å². The zero-order valence-corrected chi connectivity index (χ0v) is 14.1. The summed E-state index contributed by atoms with van der Waals surface area (Å²) >= 11 is 0. The molecule has 6 nitrogen and oxygen atoms in total. The van der Waals surface area contributed by atoms with Crippen LogP contribution in [0.3, 0.4) is 0 Å². The molecule has 1 aliphatic rings. The first-order valence-corrected chi connectivity index (χ1v) is 7.81. The van der Waals surface area contributed by atoms with Crippen molar-refractivity contribution in [2.24, 2.45) is 7.05 Å². The fourth-order valence-electron chi connectivity index (χ4n) is 3.13. The molecule has 0 aliphatic carbocycles. The van der Waals surface area contributed by atoms with Crippen molar-refractivity contribution in [3.63, 3.8) is 0 Å². The molecule has 0 amide bonds. The van der Waals surface area contributed by atoms with E-state index in [0.29, 0.717) is 35.8 Å². The van der Waals surface area contributed by atoms with Crippen LogP contribution in [0.25, 0.3) is 10.9 Å². The van der Waals surface area contributed by atoms with E-state index in [9.17, 15) is 4.79 Å². The fourth-order valence-corrected chi connectivity index (χ4v) is 3.13. The second-order valence-corrected chi connectivity index (χ2v) is 6.09. The molecule has 0 bridgehead atoms. The molecule has 0 spiro atoms. The smallest absolute Gasteiger partial charge is 0.262 e. The highest BCUT2D eigenvalue weighted by Gasteiger charge is 2.20. The summed E-state index contributed by atoms with van der Waals surface area (Å²) in [6.45, 7) is 8.40. The van der Waals surface area contributed by atoms with Gasteiger partial charge in [-0.05, 0) is 38.0 Å². The minimum atomic E-state index is -0.0675. The van der Waals surface area contributed by atoms with E-state index >= 15 is 0 Å². The SMILES string of the molecule is CC(=N)c1c(C)c(C)cc2c(=O)n(C)c(N3CCOCC3)nc12. The molecule has 0 radical (unpaired) electrons. The third-order valence-electron chi connectivity index (χ3n) is 4.54. The van der Waals surface area contributed by atoms with E-state index in [1.165, 1.54) is 0 Å². The minimum absolute atomic E-state index is 0.0675. The molecule has 0 unspecified atom stereocenters. The number of aryl methyl sites for hydroxylation is 1. The van der Waals surface area contributed by atoms with E-state index in [1.54, 1.807) is 18.5 Å². The van der Waals surface area contributed by atoms with Crippen LogP contribution in [0.1, 0.15) is 23.6 Å². The Morgan fingerprint density at radius 2 is 1.96 bits per heavy atom. The second-order valence-electron chi connectivity index (χ2n) is 6.09. The molecule has 6 heteroatoms. The Hall–Kier alpha value is -2.21. The zero-order chi connectivity index (χ0) is 16.7. The molecular weight excluding hydrogens is 292 g/mol. The summed E-state index contributed by atoms with van der Waals surface area (Å²) in [4.78, 5) is 19.7. The molecule has 23 heavy (non-hydrogen) atoms. The van der Waals surface area contributed by atoms with E-state index < -0.39 is 0 Å². The van der Waals surface area contributed by atoms with Gasteiger partial charge in [0, 0.05) is 31.4 Å². The van der Waals surface area contributed by atoms with Crippen LogP contribution in [0.2, 0.25) is 0 Å². The van der Waals surface area contributed by atoms with Crippen LogP contribution in [-0.2, 0) is 11.8 Å². The van der Waals surface area contributed by atoms with Gasteiger partial charge in [-0.1, -0.05) is 0 Å². The summed E-state index contributed by atoms with van der Waals surface area (Å²) < 4.78 is 6.99. The first-order chi connectivity index (χ1) is 10.9. The number of nitrogens with one attached hydrogen (secondary N) is 1. The number of benzene rings is 1. The zero-order valence-electron chi connectivity index (χ0n) is 14.1. The van der Waals surface area contributed by atoms with Crippen molar-refractivity contribution in [1.82, 2.24) is 9.55 Å². The molecule has 1 fully saturated rings. The van der Waals surface area contributed by atoms with Gasteiger partial charge in [-0.15, -0.1) is 0 Å². The summed E-state index contributed by atoms with van der Waals surface area (Å²) in [5.74, 6) is 0.650. The molecule has 122 valence electrons. The largest absolute Gasteiger partial charge is 0.378 e. The summed E-state index contributed by atoms with van der Waals surface area (Å²) in [5.41, 5.74) is 3.79. The summed E-state index contributed by atoms with van der Waals surface area (Å²) in [6.07, 6.45) is 0.